The lowest BCUT2D eigenvalue weighted by Gasteiger charge is -2.27. The van der Waals surface area contributed by atoms with Gasteiger partial charge in [-0.15, -0.1) is 0 Å². The molecule has 0 fully saturated rings. The molecule has 0 aromatic heterocycles. The number of rotatable bonds is 6. The molecule has 0 amide bonds. The van der Waals surface area contributed by atoms with Crippen LogP contribution in [0.3, 0.4) is 0 Å². The van der Waals surface area contributed by atoms with Gasteiger partial charge in [0, 0.05) is 18.5 Å². The van der Waals surface area contributed by atoms with Gasteiger partial charge in [-0.2, -0.15) is 0 Å². The summed E-state index contributed by atoms with van der Waals surface area (Å²) in [6, 6.07) is 4.93. The zero-order valence-electron chi connectivity index (χ0n) is 13.8. The van der Waals surface area contributed by atoms with Gasteiger partial charge < -0.3 is 10.0 Å². The monoisotopic (exact) mass is 318 g/mol. The maximum absolute atomic E-state index is 13.4. The van der Waals surface area contributed by atoms with Crippen LogP contribution in [0.5, 0.6) is 0 Å². The molecule has 1 heterocycles. The molecule has 124 valence electrons. The van der Waals surface area contributed by atoms with Gasteiger partial charge in [-0.1, -0.05) is 13.8 Å². The van der Waals surface area contributed by atoms with Gasteiger partial charge in [0.05, 0.1) is 5.70 Å². The van der Waals surface area contributed by atoms with Crippen molar-refractivity contribution in [2.24, 2.45) is 10.9 Å². The van der Waals surface area contributed by atoms with Gasteiger partial charge in [0.2, 0.25) is 0 Å². The highest BCUT2D eigenvalue weighted by Gasteiger charge is 2.19. The molecule has 0 saturated carbocycles. The van der Waals surface area contributed by atoms with E-state index in [1.54, 1.807) is 24.0 Å². The lowest BCUT2D eigenvalue weighted by atomic mass is 10.0. The van der Waals surface area contributed by atoms with Crippen molar-refractivity contribution >= 4 is 17.5 Å². The number of carboxylic acids is 1. The second-order valence-corrected chi connectivity index (χ2v) is 6.29. The van der Waals surface area contributed by atoms with Crippen molar-refractivity contribution in [2.45, 2.75) is 33.6 Å². The molecule has 1 aromatic carbocycles. The summed E-state index contributed by atoms with van der Waals surface area (Å²) in [5.74, 6) is 0.214. The van der Waals surface area contributed by atoms with Crippen molar-refractivity contribution in [1.29, 1.82) is 0 Å². The third-order valence-corrected chi connectivity index (χ3v) is 3.84. The van der Waals surface area contributed by atoms with E-state index in [0.29, 0.717) is 18.0 Å². The molecule has 0 saturated heterocycles. The number of aliphatic carboxylic acids is 1. The van der Waals surface area contributed by atoms with E-state index in [2.05, 4.69) is 18.8 Å². The summed E-state index contributed by atoms with van der Waals surface area (Å²) in [4.78, 5) is 17.5. The average Bonchev–Trinajstić information content (AvgIpc) is 2.48. The molecule has 0 unspecified atom stereocenters. The molecule has 4 nitrogen and oxygen atoms in total. The van der Waals surface area contributed by atoms with Crippen LogP contribution in [0.25, 0.3) is 5.70 Å². The Morgan fingerprint density at radius 3 is 2.78 bits per heavy atom. The Labute approximate surface area is 136 Å². The van der Waals surface area contributed by atoms with Crippen molar-refractivity contribution in [1.82, 2.24) is 4.90 Å². The maximum atomic E-state index is 13.4. The van der Waals surface area contributed by atoms with E-state index in [-0.39, 0.29) is 12.4 Å². The molecule has 1 N–H and O–H groups in total. The topological polar surface area (TPSA) is 52.9 Å². The van der Waals surface area contributed by atoms with Crippen molar-refractivity contribution < 1.29 is 14.3 Å². The molecule has 1 aromatic rings. The first kappa shape index (κ1) is 17.2. The standard InChI is InChI=1S/C18H23FN2O2/c1-12(2)4-7-17-20-16(8-9-21(17)11-18(22)23)14-5-6-15(19)13(3)10-14/h5-6,8,10,12H,4,7,9,11H2,1-3H3,(H,22,23). The molecular weight excluding hydrogens is 295 g/mol. The van der Waals surface area contributed by atoms with E-state index in [9.17, 15) is 9.18 Å². The molecule has 0 atom stereocenters. The molecular formula is C18H23FN2O2. The van der Waals surface area contributed by atoms with Crippen molar-refractivity contribution in [3.63, 3.8) is 0 Å². The van der Waals surface area contributed by atoms with Gasteiger partial charge in [0.25, 0.3) is 0 Å². The molecule has 0 radical (unpaired) electrons. The molecule has 2 rings (SSSR count). The zero-order chi connectivity index (χ0) is 17.0. The lowest BCUT2D eigenvalue weighted by Crippen LogP contribution is -2.37. The van der Waals surface area contributed by atoms with Crippen LogP contribution in [-0.2, 0) is 4.79 Å². The summed E-state index contributed by atoms with van der Waals surface area (Å²) in [5, 5.41) is 9.05. The number of carboxylic acid groups (broad SMARTS) is 1. The summed E-state index contributed by atoms with van der Waals surface area (Å²) in [6.45, 7) is 6.44. The van der Waals surface area contributed by atoms with Crippen LogP contribution in [0.15, 0.2) is 29.3 Å². The third-order valence-electron chi connectivity index (χ3n) is 3.84. The Morgan fingerprint density at radius 1 is 1.43 bits per heavy atom. The molecule has 1 aliphatic rings. The quantitative estimate of drug-likeness (QED) is 0.870. The predicted octanol–water partition coefficient (Wildman–Crippen LogP) is 3.71. The molecule has 23 heavy (non-hydrogen) atoms. The van der Waals surface area contributed by atoms with Gasteiger partial charge in [-0.3, -0.25) is 4.79 Å². The highest BCUT2D eigenvalue weighted by molar-refractivity contribution is 5.92. The minimum Gasteiger partial charge on any atom is -0.480 e. The molecule has 0 spiro atoms. The number of nitrogens with zero attached hydrogens (tertiary/aromatic N) is 2. The SMILES string of the molecule is Cc1cc(C2=CCN(CC(=O)O)C(CCC(C)C)=N2)ccc1F. The summed E-state index contributed by atoms with van der Waals surface area (Å²) in [6.07, 6.45) is 3.58. The predicted molar refractivity (Wildman–Crippen MR) is 89.8 cm³/mol. The second-order valence-electron chi connectivity index (χ2n) is 6.29. The van der Waals surface area contributed by atoms with Crippen molar-refractivity contribution in [3.05, 3.63) is 41.2 Å². The fourth-order valence-corrected chi connectivity index (χ4v) is 2.49. The number of aliphatic imine (C=N–C) groups is 1. The smallest absolute Gasteiger partial charge is 0.323 e. The summed E-state index contributed by atoms with van der Waals surface area (Å²) in [5.41, 5.74) is 2.23. The minimum absolute atomic E-state index is 0.0524. The summed E-state index contributed by atoms with van der Waals surface area (Å²) < 4.78 is 13.4. The zero-order valence-corrected chi connectivity index (χ0v) is 13.8. The minimum atomic E-state index is -0.864. The first-order valence-corrected chi connectivity index (χ1v) is 7.88. The summed E-state index contributed by atoms with van der Waals surface area (Å²) in [7, 11) is 0. The fourth-order valence-electron chi connectivity index (χ4n) is 2.49. The molecule has 0 aliphatic carbocycles. The van der Waals surface area contributed by atoms with E-state index in [0.717, 1.165) is 29.9 Å². The largest absolute Gasteiger partial charge is 0.480 e. The van der Waals surface area contributed by atoms with Gasteiger partial charge >= 0.3 is 5.97 Å². The number of halogens is 1. The van der Waals surface area contributed by atoms with Gasteiger partial charge in [0.1, 0.15) is 18.2 Å². The second kappa shape index (κ2) is 7.40. The Kier molecular flexibility index (Phi) is 5.53. The highest BCUT2D eigenvalue weighted by atomic mass is 19.1. The van der Waals surface area contributed by atoms with E-state index in [4.69, 9.17) is 5.11 Å². The van der Waals surface area contributed by atoms with E-state index in [1.165, 1.54) is 6.07 Å². The fraction of sp³-hybridized carbons (Fsp3) is 0.444. The highest BCUT2D eigenvalue weighted by Crippen LogP contribution is 2.24. The Balaban J connectivity index is 2.25. The Morgan fingerprint density at radius 2 is 2.17 bits per heavy atom. The number of hydrogen-bond donors (Lipinski definition) is 1. The third kappa shape index (κ3) is 4.65. The number of aryl methyl sites for hydroxylation is 1. The summed E-state index contributed by atoms with van der Waals surface area (Å²) >= 11 is 0. The number of carbonyl (C=O) groups is 1. The van der Waals surface area contributed by atoms with Crippen LogP contribution >= 0.6 is 0 Å². The van der Waals surface area contributed by atoms with E-state index < -0.39 is 5.97 Å². The van der Waals surface area contributed by atoms with Gasteiger partial charge in [0.15, 0.2) is 0 Å². The molecule has 5 heteroatoms. The van der Waals surface area contributed by atoms with Crippen LogP contribution in [0.1, 0.15) is 37.8 Å². The van der Waals surface area contributed by atoms with Crippen LogP contribution in [0.4, 0.5) is 4.39 Å². The van der Waals surface area contributed by atoms with Gasteiger partial charge in [-0.05, 0) is 49.1 Å². The van der Waals surface area contributed by atoms with Crippen LogP contribution in [0, 0.1) is 18.7 Å². The maximum Gasteiger partial charge on any atom is 0.323 e. The number of amidine groups is 1. The lowest BCUT2D eigenvalue weighted by molar-refractivity contribution is -0.137. The van der Waals surface area contributed by atoms with Crippen LogP contribution < -0.4 is 0 Å². The Bertz CT molecular complexity index is 650. The molecule has 1 aliphatic heterocycles. The van der Waals surface area contributed by atoms with Crippen molar-refractivity contribution in [3.8, 4) is 0 Å². The number of hydrogen-bond acceptors (Lipinski definition) is 3. The van der Waals surface area contributed by atoms with Gasteiger partial charge in [-0.25, -0.2) is 9.38 Å². The van der Waals surface area contributed by atoms with Crippen molar-refractivity contribution in [2.75, 3.05) is 13.1 Å². The average molecular weight is 318 g/mol. The van der Waals surface area contributed by atoms with Crippen LogP contribution in [0.2, 0.25) is 0 Å². The van der Waals surface area contributed by atoms with E-state index >= 15 is 0 Å². The van der Waals surface area contributed by atoms with Crippen LogP contribution in [-0.4, -0.2) is 34.9 Å². The van der Waals surface area contributed by atoms with E-state index in [1.807, 2.05) is 6.08 Å². The normalized spacial score (nSPS) is 14.7. The Hall–Kier alpha value is -2.17. The number of benzene rings is 1. The molecule has 0 bridgehead atoms. The first-order valence-electron chi connectivity index (χ1n) is 7.88. The first-order chi connectivity index (χ1) is 10.9.